The van der Waals surface area contributed by atoms with E-state index in [1.807, 2.05) is 0 Å². The number of allylic oxidation sites excluding steroid dienone is 2. The highest BCUT2D eigenvalue weighted by molar-refractivity contribution is 5.80. The molecule has 0 bridgehead atoms. The zero-order chi connectivity index (χ0) is 11.8. The first-order valence-electron chi connectivity index (χ1n) is 5.76. The number of rotatable bonds is 3. The van der Waals surface area contributed by atoms with Gasteiger partial charge in [0.1, 0.15) is 0 Å². The molecule has 0 amide bonds. The van der Waals surface area contributed by atoms with Crippen molar-refractivity contribution in [3.8, 4) is 0 Å². The Kier molecular flexibility index (Phi) is 2.63. The van der Waals surface area contributed by atoms with Crippen LogP contribution in [0.3, 0.4) is 0 Å². The highest BCUT2D eigenvalue weighted by atomic mass is 14.5. The second kappa shape index (κ2) is 3.82. The molecule has 1 nitrogen and oxygen atoms in total. The summed E-state index contributed by atoms with van der Waals surface area (Å²) < 4.78 is 0. The summed E-state index contributed by atoms with van der Waals surface area (Å²) in [5.74, 6) is 0. The molecule has 16 heavy (non-hydrogen) atoms. The van der Waals surface area contributed by atoms with Crippen LogP contribution in [0.4, 0.5) is 0 Å². The minimum atomic E-state index is 0.272. The van der Waals surface area contributed by atoms with Gasteiger partial charge in [0.25, 0.3) is 0 Å². The van der Waals surface area contributed by atoms with E-state index in [-0.39, 0.29) is 5.41 Å². The highest BCUT2D eigenvalue weighted by Gasteiger charge is 2.41. The van der Waals surface area contributed by atoms with E-state index in [1.54, 1.807) is 6.20 Å². The van der Waals surface area contributed by atoms with Crippen molar-refractivity contribution in [2.45, 2.75) is 26.7 Å². The molecule has 0 saturated heterocycles. The van der Waals surface area contributed by atoms with Crippen LogP contribution >= 0.6 is 0 Å². The van der Waals surface area contributed by atoms with Crippen LogP contribution in [-0.4, -0.2) is 0 Å². The Morgan fingerprint density at radius 1 is 1.38 bits per heavy atom. The van der Waals surface area contributed by atoms with E-state index in [0.717, 1.165) is 5.57 Å². The van der Waals surface area contributed by atoms with Crippen LogP contribution < -0.4 is 5.73 Å². The van der Waals surface area contributed by atoms with Gasteiger partial charge in [0.15, 0.2) is 0 Å². The molecule has 1 heteroatoms. The molecule has 1 aliphatic carbocycles. The van der Waals surface area contributed by atoms with E-state index in [0.29, 0.717) is 0 Å². The molecule has 0 aromatic heterocycles. The van der Waals surface area contributed by atoms with E-state index in [1.165, 1.54) is 29.5 Å². The van der Waals surface area contributed by atoms with Crippen molar-refractivity contribution in [1.29, 1.82) is 0 Å². The van der Waals surface area contributed by atoms with Crippen LogP contribution in [0.25, 0.3) is 5.57 Å². The summed E-state index contributed by atoms with van der Waals surface area (Å²) in [6, 6.07) is 8.34. The van der Waals surface area contributed by atoms with Crippen molar-refractivity contribution in [3.05, 3.63) is 53.7 Å². The lowest BCUT2D eigenvalue weighted by molar-refractivity contribution is 0.712. The molecule has 0 atom stereocenters. The van der Waals surface area contributed by atoms with Crippen molar-refractivity contribution in [2.24, 2.45) is 11.1 Å². The fraction of sp³-hybridized carbons (Fsp3) is 0.333. The molecule has 84 valence electrons. The maximum atomic E-state index is 5.76. The van der Waals surface area contributed by atoms with E-state index in [4.69, 9.17) is 5.73 Å². The Hall–Kier alpha value is -1.50. The first-order chi connectivity index (χ1) is 7.58. The second-order valence-corrected chi connectivity index (χ2v) is 4.93. The smallest absolute Gasteiger partial charge is 0.00181 e. The third-order valence-electron chi connectivity index (χ3n) is 3.61. The quantitative estimate of drug-likeness (QED) is 0.762. The maximum absolute atomic E-state index is 5.76. The monoisotopic (exact) mass is 213 g/mol. The van der Waals surface area contributed by atoms with Crippen molar-refractivity contribution >= 4 is 5.57 Å². The fourth-order valence-corrected chi connectivity index (χ4v) is 2.18. The summed E-state index contributed by atoms with van der Waals surface area (Å²) in [5, 5.41) is 0. The van der Waals surface area contributed by atoms with Gasteiger partial charge in [-0.25, -0.2) is 0 Å². The molecular weight excluding hydrogens is 194 g/mol. The highest BCUT2D eigenvalue weighted by Crippen LogP contribution is 2.54. The Labute approximate surface area is 97.7 Å². The lowest BCUT2D eigenvalue weighted by Gasteiger charge is -2.18. The van der Waals surface area contributed by atoms with Gasteiger partial charge in [-0.3, -0.25) is 0 Å². The Balaban J connectivity index is 2.36. The predicted octanol–water partition coefficient (Wildman–Crippen LogP) is 3.65. The van der Waals surface area contributed by atoms with Crippen LogP contribution in [0.5, 0.6) is 0 Å². The Bertz CT molecular complexity index is 450. The van der Waals surface area contributed by atoms with Crippen molar-refractivity contribution in [3.63, 3.8) is 0 Å². The largest absolute Gasteiger partial charge is 0.404 e. The standard InChI is InChI=1S/C15H19N/c1-11-6-4-5-7-13(11)12(2)14(10-16)15(3)8-9-15/h4-7,10H,2,8-9,16H2,1,3H3/b14-10+. The third-order valence-corrected chi connectivity index (χ3v) is 3.61. The lowest BCUT2D eigenvalue weighted by atomic mass is 9.87. The molecule has 0 spiro atoms. The summed E-state index contributed by atoms with van der Waals surface area (Å²) in [7, 11) is 0. The van der Waals surface area contributed by atoms with Crippen LogP contribution in [0.15, 0.2) is 42.6 Å². The summed E-state index contributed by atoms with van der Waals surface area (Å²) in [4.78, 5) is 0. The second-order valence-electron chi connectivity index (χ2n) is 4.93. The zero-order valence-electron chi connectivity index (χ0n) is 10.1. The molecular formula is C15H19N. The molecule has 0 unspecified atom stereocenters. The van der Waals surface area contributed by atoms with Gasteiger partial charge in [-0.2, -0.15) is 0 Å². The van der Waals surface area contributed by atoms with E-state index in [2.05, 4.69) is 44.7 Å². The molecule has 0 aliphatic heterocycles. The van der Waals surface area contributed by atoms with Gasteiger partial charge < -0.3 is 5.73 Å². The average Bonchev–Trinajstić information content (AvgIpc) is 2.98. The SMILES string of the molecule is C=C(/C(=C\N)C1(C)CC1)c1ccccc1C. The molecule has 2 rings (SSSR count). The van der Waals surface area contributed by atoms with Crippen LogP contribution in [0, 0.1) is 12.3 Å². The van der Waals surface area contributed by atoms with Crippen molar-refractivity contribution in [2.75, 3.05) is 0 Å². The van der Waals surface area contributed by atoms with E-state index >= 15 is 0 Å². The average molecular weight is 213 g/mol. The summed E-state index contributed by atoms with van der Waals surface area (Å²) >= 11 is 0. The van der Waals surface area contributed by atoms with Crippen LogP contribution in [0.2, 0.25) is 0 Å². The van der Waals surface area contributed by atoms with Crippen LogP contribution in [0.1, 0.15) is 30.9 Å². The van der Waals surface area contributed by atoms with Gasteiger partial charge in [-0.05, 0) is 53.7 Å². The summed E-state index contributed by atoms with van der Waals surface area (Å²) in [5.41, 5.74) is 10.8. The Morgan fingerprint density at radius 3 is 2.50 bits per heavy atom. The number of benzene rings is 1. The van der Waals surface area contributed by atoms with Gasteiger partial charge in [0, 0.05) is 0 Å². The molecule has 1 aromatic carbocycles. The molecule has 0 heterocycles. The van der Waals surface area contributed by atoms with Gasteiger partial charge in [0.05, 0.1) is 0 Å². The van der Waals surface area contributed by atoms with Crippen molar-refractivity contribution in [1.82, 2.24) is 0 Å². The summed E-state index contributed by atoms with van der Waals surface area (Å²) in [6.45, 7) is 8.59. The van der Waals surface area contributed by atoms with E-state index in [9.17, 15) is 0 Å². The van der Waals surface area contributed by atoms with Crippen molar-refractivity contribution < 1.29 is 0 Å². The molecule has 1 aromatic rings. The zero-order valence-corrected chi connectivity index (χ0v) is 10.1. The molecule has 1 saturated carbocycles. The lowest BCUT2D eigenvalue weighted by Crippen LogP contribution is -2.05. The first kappa shape index (κ1) is 11.0. The number of aryl methyl sites for hydroxylation is 1. The minimum Gasteiger partial charge on any atom is -0.404 e. The Morgan fingerprint density at radius 2 is 2.00 bits per heavy atom. The third kappa shape index (κ3) is 1.78. The minimum absolute atomic E-state index is 0.272. The molecule has 2 N–H and O–H groups in total. The van der Waals surface area contributed by atoms with Gasteiger partial charge in [-0.1, -0.05) is 37.8 Å². The number of hydrogen-bond acceptors (Lipinski definition) is 1. The van der Waals surface area contributed by atoms with Crippen LogP contribution in [-0.2, 0) is 0 Å². The number of hydrogen-bond donors (Lipinski definition) is 1. The van der Waals surface area contributed by atoms with Gasteiger partial charge in [-0.15, -0.1) is 0 Å². The summed E-state index contributed by atoms with van der Waals surface area (Å²) in [6.07, 6.45) is 4.18. The van der Waals surface area contributed by atoms with Gasteiger partial charge >= 0.3 is 0 Å². The first-order valence-corrected chi connectivity index (χ1v) is 5.76. The molecule has 0 radical (unpaired) electrons. The van der Waals surface area contributed by atoms with E-state index < -0.39 is 0 Å². The fourth-order valence-electron chi connectivity index (χ4n) is 2.18. The normalized spacial score (nSPS) is 18.2. The van der Waals surface area contributed by atoms with Gasteiger partial charge in [0.2, 0.25) is 0 Å². The topological polar surface area (TPSA) is 26.0 Å². The molecule has 1 fully saturated rings. The number of nitrogens with two attached hydrogens (primary N) is 1. The molecule has 1 aliphatic rings. The predicted molar refractivity (Wildman–Crippen MR) is 69.8 cm³/mol. The maximum Gasteiger partial charge on any atom is -0.00181 e.